The van der Waals surface area contributed by atoms with Gasteiger partial charge < -0.3 is 15.3 Å². The van der Waals surface area contributed by atoms with E-state index < -0.39 is 41.2 Å². The third kappa shape index (κ3) is 1.77. The number of aromatic hydroxyl groups is 2. The van der Waals surface area contributed by atoms with E-state index >= 15 is 0 Å². The smallest absolute Gasteiger partial charge is 0.324 e. The number of hydrogen-bond donors (Lipinski definition) is 5. The van der Waals surface area contributed by atoms with E-state index in [9.17, 15) is 29.7 Å². The van der Waals surface area contributed by atoms with Crippen molar-refractivity contribution >= 4 is 17.8 Å². The lowest BCUT2D eigenvalue weighted by molar-refractivity contribution is -0.148. The van der Waals surface area contributed by atoms with Crippen LogP contribution in [0.1, 0.15) is 18.5 Å². The number of phenols is 2. The molecule has 0 bridgehead atoms. The maximum atomic E-state index is 12.0. The Kier molecular flexibility index (Phi) is 2.89. The topological polar surface area (TPSA) is 136 Å². The summed E-state index contributed by atoms with van der Waals surface area (Å²) < 4.78 is 0. The molecule has 0 unspecified atom stereocenters. The molecule has 116 valence electrons. The van der Waals surface area contributed by atoms with Crippen LogP contribution in [0.25, 0.3) is 0 Å². The second-order valence-corrected chi connectivity index (χ2v) is 5.73. The van der Waals surface area contributed by atoms with E-state index in [4.69, 9.17) is 0 Å². The maximum Gasteiger partial charge on any atom is 0.324 e. The number of carbonyl (C=O) groups excluding carboxylic acids is 2. The molecule has 22 heavy (non-hydrogen) atoms. The standard InChI is InChI=1S/C14H14N2O6/c1-14(13(21)22)9-8(11(19)15-12(9)20)10(16-14)6-3-2-5(17)4-7(6)18/h2-4,8-10,16-18H,1H3,(H,21,22)(H,15,19,20)/t8-,9+,10+,14-/m0/s1. The Hall–Kier alpha value is -2.61. The molecule has 1 aromatic rings. The highest BCUT2D eigenvalue weighted by atomic mass is 16.4. The van der Waals surface area contributed by atoms with Gasteiger partial charge in [-0.25, -0.2) is 0 Å². The second kappa shape index (κ2) is 4.44. The fraction of sp³-hybridized carbons (Fsp3) is 0.357. The summed E-state index contributed by atoms with van der Waals surface area (Å²) >= 11 is 0. The Morgan fingerprint density at radius 1 is 1.23 bits per heavy atom. The zero-order valence-electron chi connectivity index (χ0n) is 11.5. The van der Waals surface area contributed by atoms with Gasteiger partial charge in [0.05, 0.1) is 11.8 Å². The predicted molar refractivity (Wildman–Crippen MR) is 71.8 cm³/mol. The van der Waals surface area contributed by atoms with E-state index in [1.165, 1.54) is 19.1 Å². The van der Waals surface area contributed by atoms with E-state index in [2.05, 4.69) is 10.6 Å². The van der Waals surface area contributed by atoms with Gasteiger partial charge in [0.1, 0.15) is 17.0 Å². The third-order valence-corrected chi connectivity index (χ3v) is 4.42. The molecule has 0 saturated carbocycles. The normalized spacial score (nSPS) is 33.6. The van der Waals surface area contributed by atoms with E-state index in [-0.39, 0.29) is 17.1 Å². The molecule has 5 N–H and O–H groups in total. The summed E-state index contributed by atoms with van der Waals surface area (Å²) in [6, 6.07) is 2.95. The maximum absolute atomic E-state index is 12.0. The van der Waals surface area contributed by atoms with Crippen LogP contribution in [0, 0.1) is 11.8 Å². The minimum atomic E-state index is -1.63. The lowest BCUT2D eigenvalue weighted by Gasteiger charge is -2.25. The van der Waals surface area contributed by atoms with Gasteiger partial charge in [-0.3, -0.25) is 25.0 Å². The monoisotopic (exact) mass is 306 g/mol. The van der Waals surface area contributed by atoms with Gasteiger partial charge in [-0.15, -0.1) is 0 Å². The molecule has 2 fully saturated rings. The highest BCUT2D eigenvalue weighted by Crippen LogP contribution is 2.48. The highest BCUT2D eigenvalue weighted by molar-refractivity contribution is 6.09. The van der Waals surface area contributed by atoms with Crippen molar-refractivity contribution in [2.75, 3.05) is 0 Å². The third-order valence-electron chi connectivity index (χ3n) is 4.42. The van der Waals surface area contributed by atoms with Gasteiger partial charge in [0.15, 0.2) is 0 Å². The molecule has 2 aliphatic heterocycles. The van der Waals surface area contributed by atoms with Gasteiger partial charge in [-0.05, 0) is 13.0 Å². The van der Waals surface area contributed by atoms with Crippen molar-refractivity contribution in [2.45, 2.75) is 18.5 Å². The molecule has 2 aliphatic rings. The fourth-order valence-corrected chi connectivity index (χ4v) is 3.33. The van der Waals surface area contributed by atoms with Crippen LogP contribution in [-0.4, -0.2) is 38.6 Å². The van der Waals surface area contributed by atoms with Crippen LogP contribution in [0.15, 0.2) is 18.2 Å². The summed E-state index contributed by atoms with van der Waals surface area (Å²) in [7, 11) is 0. The summed E-state index contributed by atoms with van der Waals surface area (Å²) in [5.41, 5.74) is -1.38. The SMILES string of the molecule is C[C@]1(C(=O)O)N[C@H](c2ccc(O)cc2O)[C@H]2C(=O)NC(=O)[C@@H]21. The number of hydrogen-bond acceptors (Lipinski definition) is 6. The van der Waals surface area contributed by atoms with Crippen molar-refractivity contribution in [2.24, 2.45) is 11.8 Å². The first kappa shape index (κ1) is 14.3. The molecule has 8 heteroatoms. The first-order valence-corrected chi connectivity index (χ1v) is 6.63. The molecular formula is C14H14N2O6. The van der Waals surface area contributed by atoms with Crippen molar-refractivity contribution in [3.8, 4) is 11.5 Å². The van der Waals surface area contributed by atoms with Crippen molar-refractivity contribution in [3.63, 3.8) is 0 Å². The summed E-state index contributed by atoms with van der Waals surface area (Å²) in [6.45, 7) is 1.34. The number of amides is 2. The first-order valence-electron chi connectivity index (χ1n) is 6.63. The molecule has 2 amide bonds. The Labute approximate surface area is 124 Å². The van der Waals surface area contributed by atoms with Crippen molar-refractivity contribution < 1.29 is 29.7 Å². The largest absolute Gasteiger partial charge is 0.508 e. The number of fused-ring (bicyclic) bond motifs is 1. The van der Waals surface area contributed by atoms with E-state index in [0.717, 1.165) is 6.07 Å². The van der Waals surface area contributed by atoms with Gasteiger partial charge in [0, 0.05) is 17.7 Å². The lowest BCUT2D eigenvalue weighted by Crippen LogP contribution is -2.52. The van der Waals surface area contributed by atoms with Crippen molar-refractivity contribution in [1.82, 2.24) is 10.6 Å². The van der Waals surface area contributed by atoms with Crippen LogP contribution < -0.4 is 10.6 Å². The zero-order chi connectivity index (χ0) is 16.2. The molecule has 2 heterocycles. The summed E-state index contributed by atoms with van der Waals surface area (Å²) in [5, 5.41) is 33.7. The quantitative estimate of drug-likeness (QED) is 0.463. The molecule has 2 saturated heterocycles. The molecular weight excluding hydrogens is 292 g/mol. The zero-order valence-corrected chi connectivity index (χ0v) is 11.5. The molecule has 8 nitrogen and oxygen atoms in total. The molecule has 0 aromatic heterocycles. The average molecular weight is 306 g/mol. The molecule has 0 spiro atoms. The van der Waals surface area contributed by atoms with Crippen molar-refractivity contribution in [3.05, 3.63) is 23.8 Å². The van der Waals surface area contributed by atoms with E-state index in [0.29, 0.717) is 0 Å². The minimum absolute atomic E-state index is 0.163. The second-order valence-electron chi connectivity index (χ2n) is 5.73. The average Bonchev–Trinajstić information content (AvgIpc) is 2.88. The summed E-state index contributed by atoms with van der Waals surface area (Å²) in [5.74, 6) is -4.94. The van der Waals surface area contributed by atoms with E-state index in [1.54, 1.807) is 0 Å². The van der Waals surface area contributed by atoms with Gasteiger partial charge >= 0.3 is 5.97 Å². The van der Waals surface area contributed by atoms with Gasteiger partial charge in [-0.2, -0.15) is 0 Å². The minimum Gasteiger partial charge on any atom is -0.508 e. The molecule has 1 aromatic carbocycles. The summed E-state index contributed by atoms with van der Waals surface area (Å²) in [4.78, 5) is 35.6. The van der Waals surface area contributed by atoms with Gasteiger partial charge in [0.2, 0.25) is 11.8 Å². The Bertz CT molecular complexity index is 703. The Morgan fingerprint density at radius 2 is 1.91 bits per heavy atom. The fourth-order valence-electron chi connectivity index (χ4n) is 3.33. The Balaban J connectivity index is 2.11. The number of imide groups is 1. The van der Waals surface area contributed by atoms with Crippen LogP contribution in [0.3, 0.4) is 0 Å². The van der Waals surface area contributed by atoms with Crippen molar-refractivity contribution in [1.29, 1.82) is 0 Å². The summed E-state index contributed by atoms with van der Waals surface area (Å²) in [6.07, 6.45) is 0. The number of phenolic OH excluding ortho intramolecular Hbond substituents is 2. The predicted octanol–water partition coefficient (Wildman–Crippen LogP) is -0.526. The van der Waals surface area contributed by atoms with Crippen LogP contribution in [0.4, 0.5) is 0 Å². The Morgan fingerprint density at radius 3 is 2.50 bits per heavy atom. The van der Waals surface area contributed by atoms with Gasteiger partial charge in [-0.1, -0.05) is 6.07 Å². The number of carbonyl (C=O) groups is 3. The van der Waals surface area contributed by atoms with Crippen LogP contribution >= 0.6 is 0 Å². The van der Waals surface area contributed by atoms with Gasteiger partial charge in [0.25, 0.3) is 0 Å². The molecule has 0 aliphatic carbocycles. The molecule has 0 radical (unpaired) electrons. The number of carboxylic acid groups (broad SMARTS) is 1. The number of nitrogens with one attached hydrogen (secondary N) is 2. The van der Waals surface area contributed by atoms with Crippen LogP contribution in [0.5, 0.6) is 11.5 Å². The first-order chi connectivity index (χ1) is 10.3. The molecule has 4 atom stereocenters. The lowest BCUT2D eigenvalue weighted by atomic mass is 9.80. The number of aliphatic carboxylic acids is 1. The number of carboxylic acids is 1. The number of benzene rings is 1. The van der Waals surface area contributed by atoms with E-state index in [1.807, 2.05) is 0 Å². The van der Waals surface area contributed by atoms with Crippen LogP contribution in [-0.2, 0) is 14.4 Å². The van der Waals surface area contributed by atoms with Crippen LogP contribution in [0.2, 0.25) is 0 Å². The highest BCUT2D eigenvalue weighted by Gasteiger charge is 2.64. The number of rotatable bonds is 2. The molecule has 3 rings (SSSR count).